The van der Waals surface area contributed by atoms with Gasteiger partial charge in [0.25, 0.3) is 0 Å². The zero-order valence-corrected chi connectivity index (χ0v) is 14.7. The molecule has 6 heteroatoms. The zero-order chi connectivity index (χ0) is 17.1. The Morgan fingerprint density at radius 3 is 2.75 bits per heavy atom. The first-order chi connectivity index (χ1) is 11.5. The number of carbonyl (C=O) groups excluding carboxylic acids is 2. The lowest BCUT2D eigenvalue weighted by atomic mass is 10.1. The van der Waals surface area contributed by atoms with E-state index >= 15 is 0 Å². The van der Waals surface area contributed by atoms with E-state index in [1.165, 1.54) is 11.8 Å². The normalized spacial score (nSPS) is 17.6. The predicted molar refractivity (Wildman–Crippen MR) is 97.3 cm³/mol. The van der Waals surface area contributed by atoms with Crippen molar-refractivity contribution in [2.24, 2.45) is 0 Å². The average Bonchev–Trinajstić information content (AvgIpc) is 2.55. The smallest absolute Gasteiger partial charge is 0.238 e. The number of fused-ring (bicyclic) bond motifs is 1. The van der Waals surface area contributed by atoms with Crippen molar-refractivity contribution >= 4 is 40.9 Å². The van der Waals surface area contributed by atoms with Crippen LogP contribution >= 0.6 is 23.4 Å². The highest BCUT2D eigenvalue weighted by Gasteiger charge is 2.29. The second kappa shape index (κ2) is 7.28. The largest absolute Gasteiger partial charge is 0.349 e. The fourth-order valence-electron chi connectivity index (χ4n) is 2.60. The van der Waals surface area contributed by atoms with Gasteiger partial charge in [-0.05, 0) is 30.7 Å². The van der Waals surface area contributed by atoms with Gasteiger partial charge in [0.2, 0.25) is 11.8 Å². The SMILES string of the molecule is CC(NC(=O)CC1Sc2ccccc2NC1=O)c1ccccc1Cl. The van der Waals surface area contributed by atoms with Crippen molar-refractivity contribution in [3.63, 3.8) is 0 Å². The first-order valence-electron chi connectivity index (χ1n) is 7.65. The number of nitrogens with one attached hydrogen (secondary N) is 2. The van der Waals surface area contributed by atoms with Gasteiger partial charge in [-0.2, -0.15) is 0 Å². The van der Waals surface area contributed by atoms with Gasteiger partial charge < -0.3 is 10.6 Å². The maximum atomic E-state index is 12.3. The van der Waals surface area contributed by atoms with Crippen LogP contribution < -0.4 is 10.6 Å². The molecule has 2 amide bonds. The van der Waals surface area contributed by atoms with Crippen molar-refractivity contribution < 1.29 is 9.59 Å². The first-order valence-corrected chi connectivity index (χ1v) is 8.90. The van der Waals surface area contributed by atoms with E-state index < -0.39 is 5.25 Å². The molecule has 2 atom stereocenters. The number of hydrogen-bond donors (Lipinski definition) is 2. The maximum Gasteiger partial charge on any atom is 0.238 e. The zero-order valence-electron chi connectivity index (χ0n) is 13.1. The van der Waals surface area contributed by atoms with Crippen LogP contribution in [0.4, 0.5) is 5.69 Å². The van der Waals surface area contributed by atoms with Crippen molar-refractivity contribution in [2.45, 2.75) is 29.5 Å². The second-order valence-corrected chi connectivity index (χ2v) is 7.26. The molecular formula is C18H17ClN2O2S. The van der Waals surface area contributed by atoms with Gasteiger partial charge in [-0.15, -0.1) is 11.8 Å². The van der Waals surface area contributed by atoms with Gasteiger partial charge in [0.05, 0.1) is 17.0 Å². The van der Waals surface area contributed by atoms with Gasteiger partial charge in [-0.25, -0.2) is 0 Å². The number of anilines is 1. The van der Waals surface area contributed by atoms with E-state index in [0.29, 0.717) is 5.02 Å². The van der Waals surface area contributed by atoms with Gasteiger partial charge in [0.15, 0.2) is 0 Å². The molecule has 4 nitrogen and oxygen atoms in total. The van der Waals surface area contributed by atoms with Crippen LogP contribution in [-0.2, 0) is 9.59 Å². The van der Waals surface area contributed by atoms with E-state index in [9.17, 15) is 9.59 Å². The third-order valence-electron chi connectivity index (χ3n) is 3.83. The fraction of sp³-hybridized carbons (Fsp3) is 0.222. The molecule has 0 saturated heterocycles. The van der Waals surface area contributed by atoms with Crippen molar-refractivity contribution in [3.8, 4) is 0 Å². The molecule has 1 aliphatic heterocycles. The Kier molecular flexibility index (Phi) is 5.11. The highest BCUT2D eigenvalue weighted by atomic mass is 35.5. The number of para-hydroxylation sites is 1. The van der Waals surface area contributed by atoms with Gasteiger partial charge in [0.1, 0.15) is 0 Å². The molecule has 1 heterocycles. The number of thioether (sulfide) groups is 1. The minimum absolute atomic E-state index is 0.125. The van der Waals surface area contributed by atoms with E-state index in [2.05, 4.69) is 10.6 Å². The van der Waals surface area contributed by atoms with Gasteiger partial charge in [-0.1, -0.05) is 41.9 Å². The van der Waals surface area contributed by atoms with E-state index in [0.717, 1.165) is 16.1 Å². The first kappa shape index (κ1) is 16.9. The Bertz CT molecular complexity index is 781. The van der Waals surface area contributed by atoms with E-state index in [1.54, 1.807) is 6.07 Å². The summed E-state index contributed by atoms with van der Waals surface area (Å²) >= 11 is 7.57. The third kappa shape index (κ3) is 3.74. The summed E-state index contributed by atoms with van der Waals surface area (Å²) < 4.78 is 0. The molecular weight excluding hydrogens is 344 g/mol. The summed E-state index contributed by atoms with van der Waals surface area (Å²) in [7, 11) is 0. The second-order valence-electron chi connectivity index (χ2n) is 5.61. The van der Waals surface area contributed by atoms with Crippen LogP contribution in [0.5, 0.6) is 0 Å². The number of carbonyl (C=O) groups is 2. The minimum Gasteiger partial charge on any atom is -0.349 e. The molecule has 0 aromatic heterocycles. The third-order valence-corrected chi connectivity index (χ3v) is 5.45. The maximum absolute atomic E-state index is 12.3. The molecule has 0 bridgehead atoms. The Morgan fingerprint density at radius 1 is 1.25 bits per heavy atom. The highest BCUT2D eigenvalue weighted by Crippen LogP contribution is 2.36. The van der Waals surface area contributed by atoms with Crippen molar-refractivity contribution in [1.82, 2.24) is 5.32 Å². The predicted octanol–water partition coefficient (Wildman–Crippen LogP) is 4.02. The van der Waals surface area contributed by atoms with Crippen LogP contribution in [0, 0.1) is 0 Å². The molecule has 1 aliphatic rings. The lowest BCUT2D eigenvalue weighted by molar-refractivity contribution is -0.124. The number of halogens is 1. The van der Waals surface area contributed by atoms with E-state index in [4.69, 9.17) is 11.6 Å². The van der Waals surface area contributed by atoms with Crippen LogP contribution in [-0.4, -0.2) is 17.1 Å². The van der Waals surface area contributed by atoms with Crippen LogP contribution in [0.25, 0.3) is 0 Å². The lowest BCUT2D eigenvalue weighted by Gasteiger charge is -2.24. The quantitative estimate of drug-likeness (QED) is 0.865. The average molecular weight is 361 g/mol. The molecule has 2 N–H and O–H groups in total. The Labute approximate surface area is 150 Å². The number of hydrogen-bond acceptors (Lipinski definition) is 3. The molecule has 2 aromatic carbocycles. The monoisotopic (exact) mass is 360 g/mol. The van der Waals surface area contributed by atoms with Crippen molar-refractivity contribution in [2.75, 3.05) is 5.32 Å². The molecule has 0 saturated carbocycles. The van der Waals surface area contributed by atoms with Crippen LogP contribution in [0.2, 0.25) is 5.02 Å². The topological polar surface area (TPSA) is 58.2 Å². The van der Waals surface area contributed by atoms with Crippen molar-refractivity contribution in [3.05, 3.63) is 59.1 Å². The summed E-state index contributed by atoms with van der Waals surface area (Å²) in [6, 6.07) is 14.8. The molecule has 0 aliphatic carbocycles. The summed E-state index contributed by atoms with van der Waals surface area (Å²) in [5, 5.41) is 5.94. The Morgan fingerprint density at radius 2 is 1.96 bits per heavy atom. The summed E-state index contributed by atoms with van der Waals surface area (Å²) in [5.74, 6) is -0.311. The lowest BCUT2D eigenvalue weighted by Crippen LogP contribution is -2.35. The van der Waals surface area contributed by atoms with Crippen LogP contribution in [0.1, 0.15) is 24.9 Å². The molecule has 2 aromatic rings. The Hall–Kier alpha value is -1.98. The molecule has 0 spiro atoms. The highest BCUT2D eigenvalue weighted by molar-refractivity contribution is 8.01. The molecule has 24 heavy (non-hydrogen) atoms. The molecule has 0 fully saturated rings. The summed E-state index contributed by atoms with van der Waals surface area (Å²) in [4.78, 5) is 25.5. The summed E-state index contributed by atoms with van der Waals surface area (Å²) in [5.41, 5.74) is 1.66. The van der Waals surface area contributed by atoms with Gasteiger partial charge in [-0.3, -0.25) is 9.59 Å². The fourth-order valence-corrected chi connectivity index (χ4v) is 4.01. The van der Waals surface area contributed by atoms with Crippen molar-refractivity contribution in [1.29, 1.82) is 0 Å². The minimum atomic E-state index is -0.432. The Balaban J connectivity index is 1.63. The van der Waals surface area contributed by atoms with E-state index in [-0.39, 0.29) is 24.3 Å². The molecule has 0 radical (unpaired) electrons. The van der Waals surface area contributed by atoms with Crippen LogP contribution in [0.3, 0.4) is 0 Å². The number of amides is 2. The van der Waals surface area contributed by atoms with Crippen LogP contribution in [0.15, 0.2) is 53.4 Å². The van der Waals surface area contributed by atoms with E-state index in [1.807, 2.05) is 49.4 Å². The molecule has 3 rings (SSSR count). The summed E-state index contributed by atoms with van der Waals surface area (Å²) in [6.45, 7) is 1.88. The summed E-state index contributed by atoms with van der Waals surface area (Å²) in [6.07, 6.45) is 0.125. The number of benzene rings is 2. The van der Waals surface area contributed by atoms with Gasteiger partial charge >= 0.3 is 0 Å². The molecule has 2 unspecified atom stereocenters. The molecule has 124 valence electrons. The standard InChI is InChI=1S/C18H17ClN2O2S/c1-11(12-6-2-3-7-13(12)19)20-17(22)10-16-18(23)21-14-8-4-5-9-15(14)24-16/h2-9,11,16H,10H2,1H3,(H,20,22)(H,21,23). The van der Waals surface area contributed by atoms with Gasteiger partial charge in [0, 0.05) is 16.3 Å². The number of rotatable bonds is 4.